The van der Waals surface area contributed by atoms with Gasteiger partial charge in [0.15, 0.2) is 0 Å². The molecule has 2 amide bonds. The molecule has 2 aromatic carbocycles. The fourth-order valence-electron chi connectivity index (χ4n) is 5.31. The minimum atomic E-state index is 0.0955. The number of nitrogens with zero attached hydrogens (tertiary/aromatic N) is 3. The number of benzene rings is 2. The van der Waals surface area contributed by atoms with Gasteiger partial charge in [-0.05, 0) is 43.0 Å². The molecular weight excluding hydrogens is 418 g/mol. The van der Waals surface area contributed by atoms with Crippen molar-refractivity contribution in [3.8, 4) is 0 Å². The van der Waals surface area contributed by atoms with Gasteiger partial charge in [0.05, 0.1) is 11.3 Å². The summed E-state index contributed by atoms with van der Waals surface area (Å²) in [6, 6.07) is 16.6. The third-order valence-corrected chi connectivity index (χ3v) is 8.16. The van der Waals surface area contributed by atoms with Crippen LogP contribution in [0.5, 0.6) is 0 Å². The largest absolute Gasteiger partial charge is 0.336 e. The minimum absolute atomic E-state index is 0.0955. The smallest absolute Gasteiger partial charge is 0.255 e. The number of carbonyl (C=O) groups is 2. The molecule has 0 unspecified atom stereocenters. The van der Waals surface area contributed by atoms with E-state index < -0.39 is 0 Å². The summed E-state index contributed by atoms with van der Waals surface area (Å²) in [5.74, 6) is 0.541. The van der Waals surface area contributed by atoms with Gasteiger partial charge in [-0.2, -0.15) is 0 Å². The minimum Gasteiger partial charge on any atom is -0.336 e. The number of hydrogen-bond acceptors (Lipinski definition) is 4. The summed E-state index contributed by atoms with van der Waals surface area (Å²) in [5, 5.41) is 0. The third kappa shape index (κ3) is 4.44. The van der Waals surface area contributed by atoms with Crippen molar-refractivity contribution in [2.45, 2.75) is 43.0 Å². The molecule has 6 heteroatoms. The van der Waals surface area contributed by atoms with Crippen molar-refractivity contribution in [2.24, 2.45) is 0 Å². The molecule has 1 saturated heterocycles. The van der Waals surface area contributed by atoms with Crippen molar-refractivity contribution >= 4 is 29.3 Å². The van der Waals surface area contributed by atoms with E-state index in [9.17, 15) is 9.59 Å². The van der Waals surface area contributed by atoms with E-state index in [0.29, 0.717) is 5.75 Å². The van der Waals surface area contributed by atoms with Gasteiger partial charge in [0, 0.05) is 49.3 Å². The molecule has 5 rings (SSSR count). The number of para-hydroxylation sites is 1. The average molecular weight is 450 g/mol. The number of hydrogen-bond donors (Lipinski definition) is 0. The molecule has 3 aliphatic rings. The number of anilines is 1. The Balaban J connectivity index is 1.21. The summed E-state index contributed by atoms with van der Waals surface area (Å²) in [4.78, 5) is 33.6. The van der Waals surface area contributed by atoms with Crippen LogP contribution in [0, 0.1) is 0 Å². The molecule has 168 valence electrons. The molecular formula is C26H31N3O2S. The van der Waals surface area contributed by atoms with Crippen molar-refractivity contribution in [1.29, 1.82) is 0 Å². The number of amides is 2. The Morgan fingerprint density at radius 3 is 2.41 bits per heavy atom. The van der Waals surface area contributed by atoms with E-state index in [-0.39, 0.29) is 11.8 Å². The second kappa shape index (κ2) is 9.67. The second-order valence-corrected chi connectivity index (χ2v) is 9.99. The van der Waals surface area contributed by atoms with Crippen LogP contribution < -0.4 is 4.90 Å². The zero-order chi connectivity index (χ0) is 21.9. The predicted molar refractivity (Wildman–Crippen MR) is 129 cm³/mol. The van der Waals surface area contributed by atoms with Gasteiger partial charge in [-0.1, -0.05) is 43.2 Å². The lowest BCUT2D eigenvalue weighted by atomic mass is 10.1. The van der Waals surface area contributed by atoms with Gasteiger partial charge in [-0.3, -0.25) is 14.5 Å². The first-order valence-corrected chi connectivity index (χ1v) is 12.8. The molecule has 2 heterocycles. The lowest BCUT2D eigenvalue weighted by molar-refractivity contribution is -0.116. The van der Waals surface area contributed by atoms with Crippen LogP contribution >= 0.6 is 11.8 Å². The highest BCUT2D eigenvalue weighted by atomic mass is 32.2. The van der Waals surface area contributed by atoms with Crippen molar-refractivity contribution in [3.05, 3.63) is 59.7 Å². The maximum absolute atomic E-state index is 13.3. The van der Waals surface area contributed by atoms with Crippen molar-refractivity contribution in [2.75, 3.05) is 43.4 Å². The van der Waals surface area contributed by atoms with Gasteiger partial charge in [-0.15, -0.1) is 11.8 Å². The highest BCUT2D eigenvalue weighted by Crippen LogP contribution is 2.30. The monoisotopic (exact) mass is 449 g/mol. The maximum Gasteiger partial charge on any atom is 0.255 e. The Morgan fingerprint density at radius 1 is 0.875 bits per heavy atom. The van der Waals surface area contributed by atoms with Gasteiger partial charge < -0.3 is 9.80 Å². The SMILES string of the molecule is O=C(c1ccccc1SCC(=O)N1CCc2ccccc21)N1CCN(C2CCCC2)CC1. The van der Waals surface area contributed by atoms with Crippen LogP contribution in [-0.2, 0) is 11.2 Å². The fraction of sp³-hybridized carbons (Fsp3) is 0.462. The first-order valence-electron chi connectivity index (χ1n) is 11.8. The van der Waals surface area contributed by atoms with Crippen LogP contribution in [0.3, 0.4) is 0 Å². The molecule has 0 spiro atoms. The first-order chi connectivity index (χ1) is 15.7. The van der Waals surface area contributed by atoms with E-state index >= 15 is 0 Å². The summed E-state index contributed by atoms with van der Waals surface area (Å²) in [5.41, 5.74) is 2.99. The topological polar surface area (TPSA) is 43.9 Å². The average Bonchev–Trinajstić information content (AvgIpc) is 3.53. The number of piperazine rings is 1. The van der Waals surface area contributed by atoms with Crippen LogP contribution in [-0.4, -0.2) is 66.1 Å². The van der Waals surface area contributed by atoms with Gasteiger partial charge >= 0.3 is 0 Å². The van der Waals surface area contributed by atoms with Crippen molar-refractivity contribution in [1.82, 2.24) is 9.80 Å². The molecule has 5 nitrogen and oxygen atoms in total. The zero-order valence-electron chi connectivity index (χ0n) is 18.5. The Kier molecular flexibility index (Phi) is 6.51. The Morgan fingerprint density at radius 2 is 1.59 bits per heavy atom. The Labute approximate surface area is 194 Å². The molecule has 0 radical (unpaired) electrons. The van der Waals surface area contributed by atoms with Gasteiger partial charge in [-0.25, -0.2) is 0 Å². The summed E-state index contributed by atoms with van der Waals surface area (Å²) >= 11 is 1.48. The zero-order valence-corrected chi connectivity index (χ0v) is 19.4. The van der Waals surface area contributed by atoms with Crippen LogP contribution in [0.4, 0.5) is 5.69 Å². The predicted octanol–water partition coefficient (Wildman–Crippen LogP) is 4.07. The van der Waals surface area contributed by atoms with Crippen molar-refractivity contribution in [3.63, 3.8) is 0 Å². The van der Waals surface area contributed by atoms with Crippen LogP contribution in [0.25, 0.3) is 0 Å². The van der Waals surface area contributed by atoms with Crippen LogP contribution in [0.2, 0.25) is 0 Å². The first kappa shape index (κ1) is 21.5. The highest BCUT2D eigenvalue weighted by Gasteiger charge is 2.29. The van der Waals surface area contributed by atoms with Gasteiger partial charge in [0.25, 0.3) is 5.91 Å². The molecule has 0 atom stereocenters. The Bertz CT molecular complexity index is 981. The molecule has 0 N–H and O–H groups in total. The summed E-state index contributed by atoms with van der Waals surface area (Å²) in [6.45, 7) is 4.26. The summed E-state index contributed by atoms with van der Waals surface area (Å²) in [7, 11) is 0. The summed E-state index contributed by atoms with van der Waals surface area (Å²) in [6.07, 6.45) is 6.21. The molecule has 1 saturated carbocycles. The molecule has 2 fully saturated rings. The van der Waals surface area contributed by atoms with E-state index in [0.717, 1.165) is 61.3 Å². The van der Waals surface area contributed by atoms with Gasteiger partial charge in [0.1, 0.15) is 0 Å². The third-order valence-electron chi connectivity index (χ3n) is 7.10. The number of thioether (sulfide) groups is 1. The van der Waals surface area contributed by atoms with E-state index in [1.807, 2.05) is 52.3 Å². The van der Waals surface area contributed by atoms with Gasteiger partial charge in [0.2, 0.25) is 5.91 Å². The van der Waals surface area contributed by atoms with E-state index in [4.69, 9.17) is 0 Å². The molecule has 2 aromatic rings. The molecule has 2 aliphatic heterocycles. The number of rotatable bonds is 5. The molecule has 1 aliphatic carbocycles. The highest BCUT2D eigenvalue weighted by molar-refractivity contribution is 8.00. The fourth-order valence-corrected chi connectivity index (χ4v) is 6.23. The van der Waals surface area contributed by atoms with Crippen LogP contribution in [0.15, 0.2) is 53.4 Å². The van der Waals surface area contributed by atoms with Crippen LogP contribution in [0.1, 0.15) is 41.6 Å². The summed E-state index contributed by atoms with van der Waals surface area (Å²) < 4.78 is 0. The van der Waals surface area contributed by atoms with E-state index in [1.54, 1.807) is 0 Å². The normalized spacial score (nSPS) is 19.4. The number of carbonyl (C=O) groups excluding carboxylic acids is 2. The number of fused-ring (bicyclic) bond motifs is 1. The standard InChI is InChI=1S/C26H31N3O2S/c30-25(29-14-13-20-7-1-5-11-23(20)29)19-32-24-12-6-4-10-22(24)26(31)28-17-15-27(16-18-28)21-8-2-3-9-21/h1,4-7,10-12,21H,2-3,8-9,13-19H2. The molecule has 0 bridgehead atoms. The van der Waals surface area contributed by atoms with E-state index in [2.05, 4.69) is 11.0 Å². The molecule has 0 aromatic heterocycles. The lowest BCUT2D eigenvalue weighted by Crippen LogP contribution is -2.51. The maximum atomic E-state index is 13.3. The Hall–Kier alpha value is -2.31. The lowest BCUT2D eigenvalue weighted by Gasteiger charge is -2.38. The quantitative estimate of drug-likeness (QED) is 0.646. The van der Waals surface area contributed by atoms with Crippen molar-refractivity contribution < 1.29 is 9.59 Å². The van der Waals surface area contributed by atoms with E-state index in [1.165, 1.54) is 43.0 Å². The second-order valence-electron chi connectivity index (χ2n) is 8.98. The molecule has 32 heavy (non-hydrogen) atoms.